The van der Waals surface area contributed by atoms with Crippen molar-refractivity contribution < 1.29 is 19.1 Å². The highest BCUT2D eigenvalue weighted by Gasteiger charge is 2.24. The number of hydrogen-bond acceptors (Lipinski definition) is 2. The Morgan fingerprint density at radius 3 is 2.16 bits per heavy atom. The van der Waals surface area contributed by atoms with Gasteiger partial charge in [0.05, 0.1) is 5.30 Å². The molecule has 0 spiro atoms. The van der Waals surface area contributed by atoms with Crippen LogP contribution in [0.3, 0.4) is 0 Å². The SMILES string of the molecule is O=C(Cc1ccccc1)c1ccccc1P(=O)(O)O. The number of carbonyl (C=O) groups is 1. The molecule has 2 N–H and O–H groups in total. The van der Waals surface area contributed by atoms with E-state index in [2.05, 4.69) is 0 Å². The lowest BCUT2D eigenvalue weighted by Gasteiger charge is -2.09. The second kappa shape index (κ2) is 5.49. The molecule has 0 bridgehead atoms. The molecule has 0 atom stereocenters. The Kier molecular flexibility index (Phi) is 3.96. The summed E-state index contributed by atoms with van der Waals surface area (Å²) in [5.74, 6) is -0.301. The van der Waals surface area contributed by atoms with Crippen molar-refractivity contribution in [2.75, 3.05) is 0 Å². The summed E-state index contributed by atoms with van der Waals surface area (Å²) in [6.45, 7) is 0. The molecule has 0 aliphatic rings. The second-order valence-corrected chi connectivity index (χ2v) is 5.72. The van der Waals surface area contributed by atoms with Crippen LogP contribution in [0.1, 0.15) is 15.9 Å². The highest BCUT2D eigenvalue weighted by molar-refractivity contribution is 7.60. The van der Waals surface area contributed by atoms with E-state index < -0.39 is 7.60 Å². The fraction of sp³-hybridized carbons (Fsp3) is 0.0714. The Hall–Kier alpha value is -1.74. The quantitative estimate of drug-likeness (QED) is 0.661. The van der Waals surface area contributed by atoms with Gasteiger partial charge in [-0.1, -0.05) is 48.5 Å². The molecule has 2 rings (SSSR count). The maximum atomic E-state index is 12.1. The molecule has 0 amide bonds. The normalized spacial score (nSPS) is 11.3. The van der Waals surface area contributed by atoms with Crippen molar-refractivity contribution >= 4 is 18.7 Å². The number of rotatable bonds is 4. The van der Waals surface area contributed by atoms with E-state index in [1.165, 1.54) is 18.2 Å². The molecular formula is C14H13O4P. The summed E-state index contributed by atoms with van der Waals surface area (Å²) in [4.78, 5) is 30.6. The van der Waals surface area contributed by atoms with E-state index in [1.807, 2.05) is 18.2 Å². The summed E-state index contributed by atoms with van der Waals surface area (Å²) < 4.78 is 11.4. The summed E-state index contributed by atoms with van der Waals surface area (Å²) >= 11 is 0. The van der Waals surface area contributed by atoms with Crippen molar-refractivity contribution in [1.82, 2.24) is 0 Å². The van der Waals surface area contributed by atoms with Crippen LogP contribution >= 0.6 is 7.60 Å². The topological polar surface area (TPSA) is 74.6 Å². The largest absolute Gasteiger partial charge is 0.356 e. The lowest BCUT2D eigenvalue weighted by Crippen LogP contribution is -2.17. The minimum absolute atomic E-state index is 0.0830. The van der Waals surface area contributed by atoms with E-state index in [4.69, 9.17) is 0 Å². The number of Topliss-reactive ketones (excluding diaryl/α,β-unsaturated/α-hetero) is 1. The van der Waals surface area contributed by atoms with E-state index in [1.54, 1.807) is 18.2 Å². The van der Waals surface area contributed by atoms with Crippen molar-refractivity contribution in [2.24, 2.45) is 0 Å². The maximum Gasteiger partial charge on any atom is 0.356 e. The third-order valence-corrected chi connectivity index (χ3v) is 3.74. The predicted octanol–water partition coefficient (Wildman–Crippen LogP) is 1.92. The fourth-order valence-electron chi connectivity index (χ4n) is 1.84. The van der Waals surface area contributed by atoms with Crippen LogP contribution in [0.15, 0.2) is 54.6 Å². The molecule has 2 aromatic rings. The zero-order valence-corrected chi connectivity index (χ0v) is 11.0. The smallest absolute Gasteiger partial charge is 0.321 e. The van der Waals surface area contributed by atoms with Gasteiger partial charge in [0.1, 0.15) is 0 Å². The molecule has 0 saturated carbocycles. The third kappa shape index (κ3) is 3.38. The van der Waals surface area contributed by atoms with Crippen molar-refractivity contribution in [3.63, 3.8) is 0 Å². The molecular weight excluding hydrogens is 263 g/mol. The van der Waals surface area contributed by atoms with Crippen LogP contribution in [-0.2, 0) is 11.0 Å². The highest BCUT2D eigenvalue weighted by atomic mass is 31.2. The monoisotopic (exact) mass is 276 g/mol. The first-order valence-corrected chi connectivity index (χ1v) is 7.32. The molecule has 0 radical (unpaired) electrons. The molecule has 0 saturated heterocycles. The van der Waals surface area contributed by atoms with E-state index in [-0.39, 0.29) is 23.1 Å². The number of hydrogen-bond donors (Lipinski definition) is 2. The van der Waals surface area contributed by atoms with Gasteiger partial charge >= 0.3 is 7.60 Å². The van der Waals surface area contributed by atoms with Crippen LogP contribution in [-0.4, -0.2) is 15.6 Å². The summed E-state index contributed by atoms with van der Waals surface area (Å²) in [5, 5.41) is -0.212. The molecule has 0 aliphatic heterocycles. The molecule has 0 unspecified atom stereocenters. The molecule has 5 heteroatoms. The van der Waals surface area contributed by atoms with Crippen LogP contribution in [0.2, 0.25) is 0 Å². The van der Waals surface area contributed by atoms with Gasteiger partial charge in [0.15, 0.2) is 5.78 Å². The van der Waals surface area contributed by atoms with Gasteiger partial charge in [0, 0.05) is 12.0 Å². The van der Waals surface area contributed by atoms with Crippen LogP contribution < -0.4 is 5.30 Å². The summed E-state index contributed by atoms with van der Waals surface area (Å²) in [6.07, 6.45) is 0.123. The molecule has 98 valence electrons. The van der Waals surface area contributed by atoms with E-state index in [9.17, 15) is 19.1 Å². The Morgan fingerprint density at radius 2 is 1.53 bits per heavy atom. The van der Waals surface area contributed by atoms with Gasteiger partial charge in [-0.3, -0.25) is 9.36 Å². The predicted molar refractivity (Wildman–Crippen MR) is 72.6 cm³/mol. The Labute approximate surface area is 110 Å². The Morgan fingerprint density at radius 1 is 0.947 bits per heavy atom. The van der Waals surface area contributed by atoms with Gasteiger partial charge < -0.3 is 9.79 Å². The molecule has 0 fully saturated rings. The van der Waals surface area contributed by atoms with E-state index in [0.29, 0.717) is 0 Å². The minimum atomic E-state index is -4.44. The molecule has 0 aromatic heterocycles. The van der Waals surface area contributed by atoms with Gasteiger partial charge in [0.25, 0.3) is 0 Å². The zero-order valence-electron chi connectivity index (χ0n) is 10.1. The Balaban J connectivity index is 2.33. The van der Waals surface area contributed by atoms with Crippen molar-refractivity contribution in [3.05, 3.63) is 65.7 Å². The Bertz CT molecular complexity index is 631. The first-order valence-electron chi connectivity index (χ1n) is 5.71. The number of carbonyl (C=O) groups excluding carboxylic acids is 1. The minimum Gasteiger partial charge on any atom is -0.321 e. The molecule has 2 aromatic carbocycles. The van der Waals surface area contributed by atoms with E-state index >= 15 is 0 Å². The average molecular weight is 276 g/mol. The fourth-order valence-corrected chi connectivity index (χ4v) is 2.63. The molecule has 4 nitrogen and oxygen atoms in total. The summed E-state index contributed by atoms with van der Waals surface area (Å²) in [7, 11) is -4.44. The average Bonchev–Trinajstić information content (AvgIpc) is 2.39. The van der Waals surface area contributed by atoms with Crippen molar-refractivity contribution in [1.29, 1.82) is 0 Å². The molecule has 19 heavy (non-hydrogen) atoms. The third-order valence-electron chi connectivity index (χ3n) is 2.73. The van der Waals surface area contributed by atoms with Gasteiger partial charge in [-0.25, -0.2) is 0 Å². The molecule has 0 aliphatic carbocycles. The van der Waals surface area contributed by atoms with Crippen molar-refractivity contribution in [3.8, 4) is 0 Å². The standard InChI is InChI=1S/C14H13O4P/c15-13(10-11-6-2-1-3-7-11)12-8-4-5-9-14(12)19(16,17)18/h1-9H,10H2,(H2,16,17,18). The highest BCUT2D eigenvalue weighted by Crippen LogP contribution is 2.34. The van der Waals surface area contributed by atoms with Gasteiger partial charge in [-0.2, -0.15) is 0 Å². The summed E-state index contributed by atoms with van der Waals surface area (Å²) in [6, 6.07) is 14.9. The van der Waals surface area contributed by atoms with Crippen LogP contribution in [0.5, 0.6) is 0 Å². The van der Waals surface area contributed by atoms with Gasteiger partial charge in [-0.15, -0.1) is 0 Å². The number of benzene rings is 2. The lowest BCUT2D eigenvalue weighted by atomic mass is 10.0. The van der Waals surface area contributed by atoms with Gasteiger partial charge in [0.2, 0.25) is 0 Å². The maximum absolute atomic E-state index is 12.1. The zero-order chi connectivity index (χ0) is 13.9. The van der Waals surface area contributed by atoms with Gasteiger partial charge in [-0.05, 0) is 11.6 Å². The van der Waals surface area contributed by atoms with Crippen LogP contribution in [0.25, 0.3) is 0 Å². The first kappa shape index (κ1) is 13.7. The van der Waals surface area contributed by atoms with Crippen LogP contribution in [0, 0.1) is 0 Å². The second-order valence-electron chi connectivity index (χ2n) is 4.15. The lowest BCUT2D eigenvalue weighted by molar-refractivity contribution is 0.0993. The van der Waals surface area contributed by atoms with Crippen molar-refractivity contribution in [2.45, 2.75) is 6.42 Å². The van der Waals surface area contributed by atoms with Crippen LogP contribution in [0.4, 0.5) is 0 Å². The first-order chi connectivity index (χ1) is 8.98. The number of ketones is 1. The van der Waals surface area contributed by atoms with E-state index in [0.717, 1.165) is 5.56 Å². The summed E-state index contributed by atoms with van der Waals surface area (Å²) in [5.41, 5.74) is 0.896. The molecule has 0 heterocycles.